The van der Waals surface area contributed by atoms with Gasteiger partial charge in [-0.05, 0) is 51.0 Å². The summed E-state index contributed by atoms with van der Waals surface area (Å²) in [5, 5.41) is 0. The van der Waals surface area contributed by atoms with Crippen LogP contribution in [0.15, 0.2) is 55.1 Å². The van der Waals surface area contributed by atoms with Gasteiger partial charge < -0.3 is 0 Å². The standard InChI is InChI=1S/C23H27N7O2/c1-5-16(3)29(22-24-12-8-13-25-22)20(31)18-10-7-11-19(28-18)21(32)30(17(4)6-2)23-26-14-9-15-27-23/h7-17H,5-6H2,1-4H3/t16-,17-/m0/s1. The predicted octanol–water partition coefficient (Wildman–Crippen LogP) is 3.55. The molecule has 0 saturated heterocycles. The zero-order chi connectivity index (χ0) is 23.1. The highest BCUT2D eigenvalue weighted by Gasteiger charge is 2.29. The van der Waals surface area contributed by atoms with E-state index < -0.39 is 0 Å². The molecule has 9 nitrogen and oxygen atoms in total. The van der Waals surface area contributed by atoms with Gasteiger partial charge in [0.2, 0.25) is 11.9 Å². The van der Waals surface area contributed by atoms with Gasteiger partial charge in [-0.15, -0.1) is 0 Å². The second-order valence-corrected chi connectivity index (χ2v) is 7.37. The molecular weight excluding hydrogens is 406 g/mol. The van der Waals surface area contributed by atoms with Crippen molar-refractivity contribution in [2.75, 3.05) is 9.80 Å². The van der Waals surface area contributed by atoms with Crippen LogP contribution >= 0.6 is 0 Å². The van der Waals surface area contributed by atoms with Crippen molar-refractivity contribution in [3.05, 3.63) is 66.5 Å². The van der Waals surface area contributed by atoms with Crippen LogP contribution in [-0.2, 0) is 0 Å². The quantitative estimate of drug-likeness (QED) is 0.535. The molecule has 0 bridgehead atoms. The normalized spacial score (nSPS) is 12.6. The Kier molecular flexibility index (Phi) is 7.54. The third kappa shape index (κ3) is 4.93. The molecule has 0 spiro atoms. The number of pyridine rings is 1. The number of hydrogen-bond donors (Lipinski definition) is 0. The Morgan fingerprint density at radius 2 is 1.09 bits per heavy atom. The maximum atomic E-state index is 13.4. The third-order valence-corrected chi connectivity index (χ3v) is 5.22. The van der Waals surface area contributed by atoms with E-state index in [0.717, 1.165) is 0 Å². The van der Waals surface area contributed by atoms with Crippen molar-refractivity contribution in [2.45, 2.75) is 52.6 Å². The second-order valence-electron chi connectivity index (χ2n) is 7.37. The number of nitrogens with zero attached hydrogens (tertiary/aromatic N) is 7. The molecule has 0 unspecified atom stereocenters. The van der Waals surface area contributed by atoms with Gasteiger partial charge in [-0.3, -0.25) is 19.4 Å². The van der Waals surface area contributed by atoms with Crippen molar-refractivity contribution in [3.8, 4) is 0 Å². The molecule has 0 fully saturated rings. The Balaban J connectivity index is 1.97. The van der Waals surface area contributed by atoms with Crippen LogP contribution in [0.2, 0.25) is 0 Å². The molecular formula is C23H27N7O2. The summed E-state index contributed by atoms with van der Waals surface area (Å²) in [4.78, 5) is 51.1. The van der Waals surface area contributed by atoms with E-state index in [4.69, 9.17) is 0 Å². The fraction of sp³-hybridized carbons (Fsp3) is 0.348. The lowest BCUT2D eigenvalue weighted by Crippen LogP contribution is -2.41. The van der Waals surface area contributed by atoms with Gasteiger partial charge in [0.05, 0.1) is 0 Å². The van der Waals surface area contributed by atoms with E-state index in [1.54, 1.807) is 55.1 Å². The molecule has 0 N–H and O–H groups in total. The highest BCUT2D eigenvalue weighted by atomic mass is 16.2. The van der Waals surface area contributed by atoms with E-state index in [-0.39, 0.29) is 35.3 Å². The van der Waals surface area contributed by atoms with Gasteiger partial charge in [0, 0.05) is 36.9 Å². The highest BCUT2D eigenvalue weighted by Crippen LogP contribution is 2.19. The van der Waals surface area contributed by atoms with E-state index in [2.05, 4.69) is 24.9 Å². The predicted molar refractivity (Wildman–Crippen MR) is 121 cm³/mol. The minimum absolute atomic E-state index is 0.140. The first kappa shape index (κ1) is 22.9. The number of carbonyl (C=O) groups is 2. The van der Waals surface area contributed by atoms with E-state index >= 15 is 0 Å². The number of hydrogen-bond acceptors (Lipinski definition) is 7. The molecule has 2 amide bonds. The molecule has 3 aromatic rings. The lowest BCUT2D eigenvalue weighted by atomic mass is 10.2. The number of anilines is 2. The Hall–Kier alpha value is -3.75. The van der Waals surface area contributed by atoms with Gasteiger partial charge in [-0.1, -0.05) is 19.9 Å². The van der Waals surface area contributed by atoms with E-state index in [9.17, 15) is 9.59 Å². The summed E-state index contributed by atoms with van der Waals surface area (Å²) in [6.07, 6.45) is 7.75. The first-order chi connectivity index (χ1) is 15.5. The summed E-state index contributed by atoms with van der Waals surface area (Å²) in [6.45, 7) is 7.79. The zero-order valence-electron chi connectivity index (χ0n) is 18.7. The Bertz CT molecular complexity index is 966. The largest absolute Gasteiger partial charge is 0.279 e. The Morgan fingerprint density at radius 3 is 1.44 bits per heavy atom. The molecule has 0 aliphatic rings. The molecule has 0 aliphatic heterocycles. The molecule has 166 valence electrons. The van der Waals surface area contributed by atoms with Crippen molar-refractivity contribution >= 4 is 23.7 Å². The fourth-order valence-electron chi connectivity index (χ4n) is 3.09. The second kappa shape index (κ2) is 10.5. The third-order valence-electron chi connectivity index (χ3n) is 5.22. The van der Waals surface area contributed by atoms with Crippen LogP contribution in [0.1, 0.15) is 61.5 Å². The molecule has 3 rings (SSSR count). The number of carbonyl (C=O) groups excluding carboxylic acids is 2. The molecule has 32 heavy (non-hydrogen) atoms. The van der Waals surface area contributed by atoms with Crippen LogP contribution in [0.3, 0.4) is 0 Å². The number of amides is 2. The van der Waals surface area contributed by atoms with Crippen LogP contribution < -0.4 is 9.80 Å². The first-order valence-corrected chi connectivity index (χ1v) is 10.7. The lowest BCUT2D eigenvalue weighted by molar-refractivity contribution is 0.0967. The van der Waals surface area contributed by atoms with Crippen LogP contribution in [0.5, 0.6) is 0 Å². The Morgan fingerprint density at radius 1 is 0.719 bits per heavy atom. The smallest absolute Gasteiger partial charge is 0.272 e. The van der Waals surface area contributed by atoms with E-state index in [0.29, 0.717) is 24.7 Å². The molecule has 0 saturated carbocycles. The topological polar surface area (TPSA) is 105 Å². The molecule has 9 heteroatoms. The van der Waals surface area contributed by atoms with Crippen LogP contribution in [0.25, 0.3) is 0 Å². The molecule has 0 radical (unpaired) electrons. The number of aromatic nitrogens is 5. The molecule has 0 aliphatic carbocycles. The van der Waals surface area contributed by atoms with Gasteiger partial charge in [-0.25, -0.2) is 24.9 Å². The van der Waals surface area contributed by atoms with Crippen LogP contribution in [0.4, 0.5) is 11.9 Å². The van der Waals surface area contributed by atoms with Crippen molar-refractivity contribution in [3.63, 3.8) is 0 Å². The van der Waals surface area contributed by atoms with Crippen molar-refractivity contribution in [2.24, 2.45) is 0 Å². The van der Waals surface area contributed by atoms with Gasteiger partial charge >= 0.3 is 0 Å². The van der Waals surface area contributed by atoms with Crippen LogP contribution in [-0.4, -0.2) is 48.8 Å². The van der Waals surface area contributed by atoms with Crippen LogP contribution in [0, 0.1) is 0 Å². The molecule has 3 heterocycles. The van der Waals surface area contributed by atoms with Crippen molar-refractivity contribution in [1.29, 1.82) is 0 Å². The molecule has 0 aromatic carbocycles. The monoisotopic (exact) mass is 433 g/mol. The average Bonchev–Trinajstić information content (AvgIpc) is 2.85. The summed E-state index contributed by atoms with van der Waals surface area (Å²) >= 11 is 0. The van der Waals surface area contributed by atoms with Gasteiger partial charge in [-0.2, -0.15) is 0 Å². The summed E-state index contributed by atoms with van der Waals surface area (Å²) in [6, 6.07) is 7.90. The Labute approximate surface area is 187 Å². The summed E-state index contributed by atoms with van der Waals surface area (Å²) in [5.41, 5.74) is 0.281. The van der Waals surface area contributed by atoms with E-state index in [1.165, 1.54) is 9.80 Å². The van der Waals surface area contributed by atoms with Crippen molar-refractivity contribution < 1.29 is 9.59 Å². The molecule has 3 aromatic heterocycles. The van der Waals surface area contributed by atoms with E-state index in [1.807, 2.05) is 27.7 Å². The number of rotatable bonds is 8. The van der Waals surface area contributed by atoms with Gasteiger partial charge in [0.25, 0.3) is 11.8 Å². The maximum Gasteiger partial charge on any atom is 0.279 e. The summed E-state index contributed by atoms with van der Waals surface area (Å²) in [5.74, 6) is -0.147. The maximum absolute atomic E-state index is 13.4. The fourth-order valence-corrected chi connectivity index (χ4v) is 3.09. The average molecular weight is 434 g/mol. The summed E-state index contributed by atoms with van der Waals surface area (Å²) in [7, 11) is 0. The van der Waals surface area contributed by atoms with Gasteiger partial charge in [0.1, 0.15) is 11.4 Å². The lowest BCUT2D eigenvalue weighted by Gasteiger charge is -2.27. The zero-order valence-corrected chi connectivity index (χ0v) is 18.7. The SMILES string of the molecule is CC[C@H](C)N(C(=O)c1cccc(C(=O)N(c2ncccn2)[C@@H](C)CC)n1)c1ncccn1. The molecule has 2 atom stereocenters. The van der Waals surface area contributed by atoms with Gasteiger partial charge in [0.15, 0.2) is 0 Å². The summed E-state index contributed by atoms with van der Waals surface area (Å²) < 4.78 is 0. The minimum atomic E-state index is -0.369. The highest BCUT2D eigenvalue weighted by molar-refractivity contribution is 6.07. The minimum Gasteiger partial charge on any atom is -0.272 e. The first-order valence-electron chi connectivity index (χ1n) is 10.7. The van der Waals surface area contributed by atoms with Crippen molar-refractivity contribution in [1.82, 2.24) is 24.9 Å².